The zero-order chi connectivity index (χ0) is 13.5. The Morgan fingerprint density at radius 3 is 2.06 bits per heavy atom. The van der Waals surface area contributed by atoms with Gasteiger partial charge >= 0.3 is 0 Å². The maximum Gasteiger partial charge on any atom is 0.229 e. The van der Waals surface area contributed by atoms with Gasteiger partial charge in [-0.15, -0.1) is 10.2 Å². The Morgan fingerprint density at radius 2 is 1.56 bits per heavy atom. The number of rotatable bonds is 1. The van der Waals surface area contributed by atoms with E-state index >= 15 is 0 Å². The maximum atomic E-state index is 6.18. The molecule has 0 unspecified atom stereocenters. The van der Waals surface area contributed by atoms with Crippen LogP contribution in [-0.2, 0) is 5.41 Å². The molecule has 3 nitrogen and oxygen atoms in total. The number of hydrogen-bond acceptors (Lipinski definition) is 2. The Balaban J connectivity index is 2.67. The minimum Gasteiger partial charge on any atom is -0.269 e. The van der Waals surface area contributed by atoms with E-state index in [0.717, 1.165) is 11.5 Å². The van der Waals surface area contributed by atoms with Gasteiger partial charge in [0.15, 0.2) is 0 Å². The van der Waals surface area contributed by atoms with Crippen molar-refractivity contribution in [2.45, 2.75) is 40.0 Å². The summed E-state index contributed by atoms with van der Waals surface area (Å²) < 4.78 is 1.92. The van der Waals surface area contributed by atoms with Crippen molar-refractivity contribution >= 4 is 11.6 Å². The molecule has 2 aromatic rings. The first kappa shape index (κ1) is 13.1. The molecule has 0 spiro atoms. The molecule has 0 aliphatic rings. The third-order valence-corrected chi connectivity index (χ3v) is 3.00. The summed E-state index contributed by atoms with van der Waals surface area (Å²) in [6.45, 7) is 10.5. The van der Waals surface area contributed by atoms with E-state index in [1.54, 1.807) is 0 Å². The van der Waals surface area contributed by atoms with Crippen LogP contribution < -0.4 is 0 Å². The van der Waals surface area contributed by atoms with Crippen LogP contribution in [0.2, 0.25) is 5.28 Å². The van der Waals surface area contributed by atoms with E-state index in [9.17, 15) is 0 Å². The highest BCUT2D eigenvalue weighted by Gasteiger charge is 2.24. The van der Waals surface area contributed by atoms with Gasteiger partial charge in [0.25, 0.3) is 0 Å². The average Bonchev–Trinajstić information content (AvgIpc) is 2.57. The molecule has 4 heteroatoms. The molecule has 0 fully saturated rings. The monoisotopic (exact) mass is 263 g/mol. The summed E-state index contributed by atoms with van der Waals surface area (Å²) in [6, 6.07) is 6.33. The lowest BCUT2D eigenvalue weighted by Gasteiger charge is -2.19. The number of aryl methyl sites for hydroxylation is 2. The Hall–Kier alpha value is -1.35. The summed E-state index contributed by atoms with van der Waals surface area (Å²) in [5.74, 6) is 0.873. The van der Waals surface area contributed by atoms with Crippen molar-refractivity contribution in [2.75, 3.05) is 0 Å². The first-order valence-corrected chi connectivity index (χ1v) is 6.37. The predicted molar refractivity (Wildman–Crippen MR) is 74.5 cm³/mol. The first-order chi connectivity index (χ1) is 8.29. The van der Waals surface area contributed by atoms with Crippen LogP contribution in [0.4, 0.5) is 0 Å². The molecule has 0 saturated heterocycles. The highest BCUT2D eigenvalue weighted by molar-refractivity contribution is 6.28. The van der Waals surface area contributed by atoms with Gasteiger partial charge in [0.05, 0.1) is 5.69 Å². The molecule has 2 rings (SSSR count). The zero-order valence-corrected chi connectivity index (χ0v) is 12.2. The minimum atomic E-state index is -0.0994. The van der Waals surface area contributed by atoms with Crippen LogP contribution in [-0.4, -0.2) is 14.8 Å². The molecule has 0 atom stereocenters. The molecule has 1 aromatic heterocycles. The Morgan fingerprint density at radius 1 is 1.00 bits per heavy atom. The van der Waals surface area contributed by atoms with Crippen molar-refractivity contribution in [2.24, 2.45) is 0 Å². The second kappa shape index (κ2) is 4.39. The summed E-state index contributed by atoms with van der Waals surface area (Å²) in [4.78, 5) is 0. The van der Waals surface area contributed by atoms with E-state index < -0.39 is 0 Å². The number of hydrogen-bond donors (Lipinski definition) is 0. The molecule has 0 N–H and O–H groups in total. The first-order valence-electron chi connectivity index (χ1n) is 5.99. The van der Waals surface area contributed by atoms with Gasteiger partial charge in [-0.2, -0.15) is 0 Å². The second-order valence-electron chi connectivity index (χ2n) is 5.72. The van der Waals surface area contributed by atoms with Crippen molar-refractivity contribution in [1.82, 2.24) is 14.8 Å². The van der Waals surface area contributed by atoms with E-state index in [0.29, 0.717) is 5.28 Å². The van der Waals surface area contributed by atoms with Gasteiger partial charge in [-0.3, -0.25) is 4.57 Å². The zero-order valence-electron chi connectivity index (χ0n) is 11.5. The van der Waals surface area contributed by atoms with Crippen LogP contribution in [0.5, 0.6) is 0 Å². The van der Waals surface area contributed by atoms with Gasteiger partial charge in [0, 0.05) is 5.41 Å². The summed E-state index contributed by atoms with van der Waals surface area (Å²) in [5.41, 5.74) is 3.33. The minimum absolute atomic E-state index is 0.0994. The smallest absolute Gasteiger partial charge is 0.229 e. The lowest BCUT2D eigenvalue weighted by molar-refractivity contribution is 0.533. The third kappa shape index (κ3) is 2.41. The van der Waals surface area contributed by atoms with Gasteiger partial charge in [-0.1, -0.05) is 26.8 Å². The molecule has 0 bridgehead atoms. The topological polar surface area (TPSA) is 30.7 Å². The van der Waals surface area contributed by atoms with E-state index in [2.05, 4.69) is 63.0 Å². The van der Waals surface area contributed by atoms with E-state index in [1.807, 2.05) is 4.57 Å². The number of nitrogens with zero attached hydrogens (tertiary/aromatic N) is 3. The normalized spacial score (nSPS) is 11.9. The van der Waals surface area contributed by atoms with Crippen molar-refractivity contribution in [3.63, 3.8) is 0 Å². The number of aromatic nitrogens is 3. The highest BCUT2D eigenvalue weighted by atomic mass is 35.5. The quantitative estimate of drug-likeness (QED) is 0.783. The molecular formula is C14H18ClN3. The average molecular weight is 264 g/mol. The van der Waals surface area contributed by atoms with Crippen LogP contribution in [0, 0.1) is 13.8 Å². The van der Waals surface area contributed by atoms with Gasteiger partial charge in [-0.05, 0) is 48.7 Å². The second-order valence-corrected chi connectivity index (χ2v) is 6.06. The standard InChI is InChI=1S/C14H18ClN3/c1-9-6-10(2)8-11(7-9)18-12(14(3,4)5)16-17-13(18)15/h6-8H,1-5H3. The van der Waals surface area contributed by atoms with Crippen LogP contribution in [0.1, 0.15) is 37.7 Å². The van der Waals surface area contributed by atoms with Gasteiger partial charge in [0.1, 0.15) is 5.82 Å². The van der Waals surface area contributed by atoms with Crippen LogP contribution in [0.25, 0.3) is 5.69 Å². The molecule has 18 heavy (non-hydrogen) atoms. The molecule has 0 saturated carbocycles. The Bertz CT molecular complexity index is 559. The Kier molecular flexibility index (Phi) is 3.20. The van der Waals surface area contributed by atoms with Crippen molar-refractivity contribution in [1.29, 1.82) is 0 Å². The third-order valence-electron chi connectivity index (χ3n) is 2.76. The largest absolute Gasteiger partial charge is 0.269 e. The van der Waals surface area contributed by atoms with Crippen LogP contribution in [0.3, 0.4) is 0 Å². The molecular weight excluding hydrogens is 246 g/mol. The van der Waals surface area contributed by atoms with Crippen LogP contribution in [0.15, 0.2) is 18.2 Å². The lowest BCUT2D eigenvalue weighted by atomic mass is 9.95. The van der Waals surface area contributed by atoms with Crippen molar-refractivity contribution < 1.29 is 0 Å². The van der Waals surface area contributed by atoms with Gasteiger partial charge in [-0.25, -0.2) is 0 Å². The Labute approximate surface area is 113 Å². The molecule has 1 aromatic carbocycles. The van der Waals surface area contributed by atoms with E-state index in [4.69, 9.17) is 11.6 Å². The molecule has 96 valence electrons. The van der Waals surface area contributed by atoms with Gasteiger partial charge in [0.2, 0.25) is 5.28 Å². The van der Waals surface area contributed by atoms with E-state index in [-0.39, 0.29) is 5.41 Å². The molecule has 0 aliphatic heterocycles. The molecule has 0 amide bonds. The van der Waals surface area contributed by atoms with Crippen molar-refractivity contribution in [3.8, 4) is 5.69 Å². The summed E-state index contributed by atoms with van der Waals surface area (Å²) in [5, 5.41) is 8.61. The van der Waals surface area contributed by atoms with Gasteiger partial charge < -0.3 is 0 Å². The predicted octanol–water partition coefficient (Wildman–Crippen LogP) is 3.84. The van der Waals surface area contributed by atoms with E-state index in [1.165, 1.54) is 11.1 Å². The fourth-order valence-corrected chi connectivity index (χ4v) is 2.27. The molecule has 1 heterocycles. The lowest BCUT2D eigenvalue weighted by Crippen LogP contribution is -2.18. The fourth-order valence-electron chi connectivity index (χ4n) is 2.06. The summed E-state index contributed by atoms with van der Waals surface area (Å²) >= 11 is 6.18. The highest BCUT2D eigenvalue weighted by Crippen LogP contribution is 2.27. The number of halogens is 1. The SMILES string of the molecule is Cc1cc(C)cc(-n2c(Cl)nnc2C(C)(C)C)c1. The van der Waals surface area contributed by atoms with Crippen LogP contribution >= 0.6 is 11.6 Å². The summed E-state index contributed by atoms with van der Waals surface area (Å²) in [7, 11) is 0. The number of benzene rings is 1. The summed E-state index contributed by atoms with van der Waals surface area (Å²) in [6.07, 6.45) is 0. The maximum absolute atomic E-state index is 6.18. The van der Waals surface area contributed by atoms with Crippen molar-refractivity contribution in [3.05, 3.63) is 40.4 Å². The molecule has 0 aliphatic carbocycles. The fraction of sp³-hybridized carbons (Fsp3) is 0.429. The molecule has 0 radical (unpaired) electrons.